The molecule has 0 spiro atoms. The molecule has 2 aromatic rings. The van der Waals surface area contributed by atoms with Gasteiger partial charge in [0.15, 0.2) is 5.89 Å². The minimum absolute atomic E-state index is 0.112. The Morgan fingerprint density at radius 3 is 2.44 bits per heavy atom. The molecule has 0 bridgehead atoms. The summed E-state index contributed by atoms with van der Waals surface area (Å²) < 4.78 is 5.18. The fraction of sp³-hybridized carbons (Fsp3) is 0.167. The molecule has 0 atom stereocenters. The van der Waals surface area contributed by atoms with Gasteiger partial charge in [0.2, 0.25) is 5.76 Å². The van der Waals surface area contributed by atoms with E-state index in [2.05, 4.69) is 4.98 Å². The van der Waals surface area contributed by atoms with E-state index in [0.717, 1.165) is 11.1 Å². The number of nitrogens with zero attached hydrogens (tertiary/aromatic N) is 1. The topological polar surface area (TPSA) is 69.1 Å². The van der Waals surface area contributed by atoms with E-state index in [1.165, 1.54) is 0 Å². The van der Waals surface area contributed by atoms with Gasteiger partial charge in [-0.15, -0.1) is 0 Å². The molecule has 1 aromatic heterocycles. The molecule has 0 saturated heterocycles. The van der Waals surface area contributed by atoms with Crippen molar-refractivity contribution in [1.29, 1.82) is 0 Å². The van der Waals surface area contributed by atoms with Crippen molar-refractivity contribution < 1.29 is 9.21 Å². The van der Waals surface area contributed by atoms with E-state index in [-0.39, 0.29) is 5.76 Å². The Morgan fingerprint density at radius 2 is 1.88 bits per heavy atom. The average Bonchev–Trinajstić information content (AvgIpc) is 2.61. The summed E-state index contributed by atoms with van der Waals surface area (Å²) in [5, 5.41) is 0. The molecule has 1 amide bonds. The predicted octanol–water partition coefficient (Wildman–Crippen LogP) is 2.06. The van der Waals surface area contributed by atoms with Gasteiger partial charge in [-0.1, -0.05) is 29.8 Å². The fourth-order valence-corrected chi connectivity index (χ4v) is 1.50. The number of hydrogen-bond donors (Lipinski definition) is 1. The lowest BCUT2D eigenvalue weighted by molar-refractivity contribution is 0.0973. The second kappa shape index (κ2) is 3.81. The van der Waals surface area contributed by atoms with Crippen molar-refractivity contribution in [1.82, 2.24) is 4.98 Å². The van der Waals surface area contributed by atoms with Crippen LogP contribution in [-0.4, -0.2) is 10.9 Å². The van der Waals surface area contributed by atoms with E-state index >= 15 is 0 Å². The number of aromatic nitrogens is 1. The van der Waals surface area contributed by atoms with E-state index < -0.39 is 5.91 Å². The predicted molar refractivity (Wildman–Crippen MR) is 59.9 cm³/mol. The monoisotopic (exact) mass is 216 g/mol. The summed E-state index contributed by atoms with van der Waals surface area (Å²) in [6.45, 7) is 3.68. The van der Waals surface area contributed by atoms with Crippen molar-refractivity contribution in [2.24, 2.45) is 5.73 Å². The van der Waals surface area contributed by atoms with Crippen LogP contribution in [-0.2, 0) is 0 Å². The zero-order valence-corrected chi connectivity index (χ0v) is 9.15. The van der Waals surface area contributed by atoms with Gasteiger partial charge in [0, 0.05) is 12.5 Å². The van der Waals surface area contributed by atoms with Gasteiger partial charge in [0.05, 0.1) is 0 Å². The Hall–Kier alpha value is -2.10. The summed E-state index contributed by atoms with van der Waals surface area (Å²) in [7, 11) is 0. The number of aryl methyl sites for hydroxylation is 2. The summed E-state index contributed by atoms with van der Waals surface area (Å²) in [5.74, 6) is -0.0538. The van der Waals surface area contributed by atoms with Crippen LogP contribution in [0.25, 0.3) is 11.3 Å². The van der Waals surface area contributed by atoms with Crippen LogP contribution < -0.4 is 5.73 Å². The molecule has 0 fully saturated rings. The second-order valence-electron chi connectivity index (χ2n) is 3.64. The molecule has 1 aromatic carbocycles. The number of carbonyl (C=O) groups is 1. The van der Waals surface area contributed by atoms with Gasteiger partial charge in [0.1, 0.15) is 5.69 Å². The van der Waals surface area contributed by atoms with E-state index in [9.17, 15) is 4.79 Å². The van der Waals surface area contributed by atoms with Crippen LogP contribution in [0.3, 0.4) is 0 Å². The number of carbonyl (C=O) groups excluding carboxylic acids is 1. The summed E-state index contributed by atoms with van der Waals surface area (Å²) in [6.07, 6.45) is 0. The molecular formula is C12H12N2O2. The number of rotatable bonds is 2. The maximum absolute atomic E-state index is 11.2. The summed E-state index contributed by atoms with van der Waals surface area (Å²) >= 11 is 0. The second-order valence-corrected chi connectivity index (χ2v) is 3.64. The van der Waals surface area contributed by atoms with Gasteiger partial charge in [-0.25, -0.2) is 4.98 Å². The molecule has 1 heterocycles. The maximum atomic E-state index is 11.2. The van der Waals surface area contributed by atoms with Crippen molar-refractivity contribution in [3.05, 3.63) is 41.5 Å². The van der Waals surface area contributed by atoms with Gasteiger partial charge in [-0.3, -0.25) is 4.79 Å². The highest BCUT2D eigenvalue weighted by Crippen LogP contribution is 2.23. The highest BCUT2D eigenvalue weighted by molar-refractivity contribution is 5.96. The minimum atomic E-state index is -0.601. The molecule has 2 N–H and O–H groups in total. The summed E-state index contributed by atoms with van der Waals surface area (Å²) in [5.41, 5.74) is 7.70. The van der Waals surface area contributed by atoms with Crippen molar-refractivity contribution in [3.63, 3.8) is 0 Å². The van der Waals surface area contributed by atoms with Crippen LogP contribution in [0.15, 0.2) is 28.7 Å². The SMILES string of the molecule is Cc1ccc(-c2nc(C)oc2C(N)=O)cc1. The first-order valence-corrected chi connectivity index (χ1v) is 4.92. The molecule has 2 rings (SSSR count). The first-order valence-electron chi connectivity index (χ1n) is 4.92. The number of amides is 1. The van der Waals surface area contributed by atoms with Crippen molar-refractivity contribution in [3.8, 4) is 11.3 Å². The number of oxazole rings is 1. The molecule has 4 nitrogen and oxygen atoms in total. The van der Waals surface area contributed by atoms with Crippen molar-refractivity contribution >= 4 is 5.91 Å². The van der Waals surface area contributed by atoms with E-state index in [1.807, 2.05) is 31.2 Å². The molecule has 0 aliphatic heterocycles. The quantitative estimate of drug-likeness (QED) is 0.835. The van der Waals surface area contributed by atoms with Gasteiger partial charge >= 0.3 is 0 Å². The van der Waals surface area contributed by atoms with Crippen molar-refractivity contribution in [2.45, 2.75) is 13.8 Å². The first-order chi connectivity index (χ1) is 7.58. The van der Waals surface area contributed by atoms with Crippen LogP contribution >= 0.6 is 0 Å². The third kappa shape index (κ3) is 1.82. The minimum Gasteiger partial charge on any atom is -0.435 e. The first kappa shape index (κ1) is 10.4. The van der Waals surface area contributed by atoms with E-state index in [4.69, 9.17) is 10.2 Å². The van der Waals surface area contributed by atoms with Gasteiger partial charge in [-0.05, 0) is 6.92 Å². The standard InChI is InChI=1S/C12H12N2O2/c1-7-3-5-9(6-4-7)10-11(12(13)15)16-8(2)14-10/h3-6H,1-2H3,(H2,13,15). The Morgan fingerprint density at radius 1 is 1.25 bits per heavy atom. The van der Waals surface area contributed by atoms with Gasteiger partial charge < -0.3 is 10.2 Å². The average molecular weight is 216 g/mol. The molecule has 0 unspecified atom stereocenters. The molecule has 0 aliphatic rings. The van der Waals surface area contributed by atoms with E-state index in [1.54, 1.807) is 6.92 Å². The number of primary amides is 1. The third-order valence-electron chi connectivity index (χ3n) is 2.28. The molecule has 16 heavy (non-hydrogen) atoms. The van der Waals surface area contributed by atoms with Gasteiger partial charge in [-0.2, -0.15) is 0 Å². The van der Waals surface area contributed by atoms with Crippen LogP contribution in [0, 0.1) is 13.8 Å². The van der Waals surface area contributed by atoms with E-state index in [0.29, 0.717) is 11.6 Å². The van der Waals surface area contributed by atoms with Crippen molar-refractivity contribution in [2.75, 3.05) is 0 Å². The Labute approximate surface area is 93.1 Å². The summed E-state index contributed by atoms with van der Waals surface area (Å²) in [6, 6.07) is 7.67. The van der Waals surface area contributed by atoms with Crippen LogP contribution in [0.2, 0.25) is 0 Å². The summed E-state index contributed by atoms with van der Waals surface area (Å²) in [4.78, 5) is 15.3. The number of nitrogens with two attached hydrogens (primary N) is 1. The third-order valence-corrected chi connectivity index (χ3v) is 2.28. The fourth-order valence-electron chi connectivity index (χ4n) is 1.50. The number of hydrogen-bond acceptors (Lipinski definition) is 3. The lowest BCUT2D eigenvalue weighted by atomic mass is 10.1. The van der Waals surface area contributed by atoms with Gasteiger partial charge in [0.25, 0.3) is 5.91 Å². The van der Waals surface area contributed by atoms with Crippen LogP contribution in [0.1, 0.15) is 22.0 Å². The highest BCUT2D eigenvalue weighted by atomic mass is 16.4. The Bertz CT molecular complexity index is 526. The molecule has 0 saturated carbocycles. The zero-order valence-electron chi connectivity index (χ0n) is 9.15. The lowest BCUT2D eigenvalue weighted by Gasteiger charge is -1.98. The smallest absolute Gasteiger partial charge is 0.286 e. The highest BCUT2D eigenvalue weighted by Gasteiger charge is 2.17. The van der Waals surface area contributed by atoms with Crippen LogP contribution in [0.4, 0.5) is 0 Å². The molecule has 82 valence electrons. The maximum Gasteiger partial charge on any atom is 0.286 e. The Balaban J connectivity index is 2.55. The Kier molecular flexibility index (Phi) is 2.48. The number of benzene rings is 1. The molecule has 0 radical (unpaired) electrons. The lowest BCUT2D eigenvalue weighted by Crippen LogP contribution is -2.11. The normalized spacial score (nSPS) is 10.4. The molecule has 4 heteroatoms. The molecule has 0 aliphatic carbocycles. The zero-order chi connectivity index (χ0) is 11.7. The molecular weight excluding hydrogens is 204 g/mol. The largest absolute Gasteiger partial charge is 0.435 e. The van der Waals surface area contributed by atoms with Crippen LogP contribution in [0.5, 0.6) is 0 Å².